The van der Waals surface area contributed by atoms with E-state index in [1.54, 1.807) is 7.05 Å². The first kappa shape index (κ1) is 11.8. The second kappa shape index (κ2) is 3.43. The Morgan fingerprint density at radius 1 is 1.12 bits per heavy atom. The van der Waals surface area contributed by atoms with Crippen LogP contribution in [0.3, 0.4) is 0 Å². The van der Waals surface area contributed by atoms with Gasteiger partial charge in [0.15, 0.2) is 5.52 Å². The molecule has 0 saturated carbocycles. The summed E-state index contributed by atoms with van der Waals surface area (Å²) in [7, 11) is 1.47. The Morgan fingerprint density at radius 2 is 1.71 bits per heavy atom. The van der Waals surface area contributed by atoms with E-state index in [1.807, 2.05) is 0 Å². The van der Waals surface area contributed by atoms with Crippen LogP contribution < -0.4 is 16.6 Å². The SMILES string of the molecule is Cn1c(=O)c2n[nH]c([Si](C)(C)C)c2n(C)c1=O. The Hall–Kier alpha value is -1.63. The van der Waals surface area contributed by atoms with Crippen molar-refractivity contribution in [2.45, 2.75) is 19.6 Å². The molecule has 2 heterocycles. The Kier molecular flexibility index (Phi) is 2.39. The minimum Gasteiger partial charge on any atom is -0.293 e. The van der Waals surface area contributed by atoms with E-state index < -0.39 is 8.07 Å². The molecule has 0 aromatic carbocycles. The van der Waals surface area contributed by atoms with Gasteiger partial charge in [0, 0.05) is 19.4 Å². The first-order valence-electron chi connectivity index (χ1n) is 5.39. The molecular weight excluding hydrogens is 236 g/mol. The summed E-state index contributed by atoms with van der Waals surface area (Å²) in [6.07, 6.45) is 0. The maximum absolute atomic E-state index is 11.9. The molecule has 2 aromatic heterocycles. The maximum Gasteiger partial charge on any atom is 0.331 e. The topological polar surface area (TPSA) is 72.7 Å². The lowest BCUT2D eigenvalue weighted by atomic mass is 10.4. The van der Waals surface area contributed by atoms with Gasteiger partial charge < -0.3 is 0 Å². The average molecular weight is 252 g/mol. The Morgan fingerprint density at radius 3 is 2.24 bits per heavy atom. The molecule has 7 heteroatoms. The van der Waals surface area contributed by atoms with Crippen LogP contribution in [-0.4, -0.2) is 27.4 Å². The number of H-pyrrole nitrogens is 1. The molecule has 92 valence electrons. The molecule has 6 nitrogen and oxygen atoms in total. The van der Waals surface area contributed by atoms with Gasteiger partial charge in [0.25, 0.3) is 5.56 Å². The molecule has 2 rings (SSSR count). The van der Waals surface area contributed by atoms with Gasteiger partial charge in [-0.3, -0.25) is 19.0 Å². The van der Waals surface area contributed by atoms with E-state index in [0.717, 1.165) is 9.88 Å². The van der Waals surface area contributed by atoms with Crippen LogP contribution in [0.25, 0.3) is 11.0 Å². The summed E-state index contributed by atoms with van der Waals surface area (Å²) in [6, 6.07) is 0. The highest BCUT2D eigenvalue weighted by Gasteiger charge is 2.25. The molecule has 0 saturated heterocycles. The van der Waals surface area contributed by atoms with Crippen molar-refractivity contribution in [3.8, 4) is 0 Å². The first-order valence-corrected chi connectivity index (χ1v) is 8.89. The van der Waals surface area contributed by atoms with Crippen LogP contribution in [0.4, 0.5) is 0 Å². The van der Waals surface area contributed by atoms with Crippen LogP contribution in [0.1, 0.15) is 0 Å². The lowest BCUT2D eigenvalue weighted by molar-refractivity contribution is 0.713. The number of rotatable bonds is 1. The molecule has 0 aliphatic heterocycles. The van der Waals surface area contributed by atoms with E-state index >= 15 is 0 Å². The zero-order valence-corrected chi connectivity index (χ0v) is 11.7. The van der Waals surface area contributed by atoms with E-state index in [0.29, 0.717) is 11.0 Å². The number of aryl methyl sites for hydroxylation is 1. The molecule has 0 atom stereocenters. The summed E-state index contributed by atoms with van der Waals surface area (Å²) in [4.78, 5) is 23.8. The highest BCUT2D eigenvalue weighted by Crippen LogP contribution is 2.07. The highest BCUT2D eigenvalue weighted by molar-refractivity contribution is 6.89. The van der Waals surface area contributed by atoms with Crippen LogP contribution in [0.15, 0.2) is 9.59 Å². The Balaban J connectivity index is 3.07. The van der Waals surface area contributed by atoms with E-state index in [9.17, 15) is 9.59 Å². The molecule has 0 aliphatic rings. The number of aromatic nitrogens is 4. The van der Waals surface area contributed by atoms with E-state index in [4.69, 9.17) is 0 Å². The smallest absolute Gasteiger partial charge is 0.293 e. The highest BCUT2D eigenvalue weighted by atomic mass is 28.3. The minimum absolute atomic E-state index is 0.316. The predicted octanol–water partition coefficient (Wildman–Crippen LogP) is -0.495. The van der Waals surface area contributed by atoms with Crippen LogP contribution in [-0.2, 0) is 14.1 Å². The van der Waals surface area contributed by atoms with Crippen LogP contribution in [0, 0.1) is 0 Å². The first-order chi connectivity index (χ1) is 7.75. The molecule has 17 heavy (non-hydrogen) atoms. The van der Waals surface area contributed by atoms with Crippen molar-refractivity contribution in [3.63, 3.8) is 0 Å². The molecule has 0 bridgehead atoms. The second-order valence-corrected chi connectivity index (χ2v) is 10.3. The number of nitrogens with one attached hydrogen (secondary N) is 1. The van der Waals surface area contributed by atoms with Gasteiger partial charge in [0.05, 0.1) is 5.52 Å². The monoisotopic (exact) mass is 252 g/mol. The van der Waals surface area contributed by atoms with Crippen molar-refractivity contribution in [1.29, 1.82) is 0 Å². The third-order valence-electron chi connectivity index (χ3n) is 2.91. The van der Waals surface area contributed by atoms with Crippen LogP contribution >= 0.6 is 0 Å². The van der Waals surface area contributed by atoms with Gasteiger partial charge in [0.2, 0.25) is 0 Å². The summed E-state index contributed by atoms with van der Waals surface area (Å²) < 4.78 is 2.57. The van der Waals surface area contributed by atoms with E-state index in [2.05, 4.69) is 29.8 Å². The van der Waals surface area contributed by atoms with Crippen molar-refractivity contribution in [2.75, 3.05) is 0 Å². The Labute approximate surface area is 98.9 Å². The number of hydrogen-bond donors (Lipinski definition) is 1. The summed E-state index contributed by atoms with van der Waals surface area (Å²) in [5.74, 6) is 0. The zero-order valence-electron chi connectivity index (χ0n) is 10.7. The van der Waals surface area contributed by atoms with Crippen LogP contribution in [0.2, 0.25) is 19.6 Å². The fraction of sp³-hybridized carbons (Fsp3) is 0.500. The average Bonchev–Trinajstić information content (AvgIpc) is 2.67. The summed E-state index contributed by atoms with van der Waals surface area (Å²) in [5.41, 5.74) is 0.330. The lowest BCUT2D eigenvalue weighted by Crippen LogP contribution is -2.43. The maximum atomic E-state index is 11.9. The van der Waals surface area contributed by atoms with Crippen molar-refractivity contribution < 1.29 is 0 Å². The Bertz CT molecular complexity index is 702. The number of fused-ring (bicyclic) bond motifs is 1. The van der Waals surface area contributed by atoms with E-state index in [1.165, 1.54) is 11.6 Å². The predicted molar refractivity (Wildman–Crippen MR) is 69.6 cm³/mol. The quantitative estimate of drug-likeness (QED) is 0.696. The molecule has 0 radical (unpaired) electrons. The fourth-order valence-electron chi connectivity index (χ4n) is 1.90. The van der Waals surface area contributed by atoms with Gasteiger partial charge in [0.1, 0.15) is 8.07 Å². The molecule has 0 fully saturated rings. The third kappa shape index (κ3) is 1.57. The summed E-state index contributed by atoms with van der Waals surface area (Å²) in [6.45, 7) is 6.42. The normalized spacial score (nSPS) is 12.3. The van der Waals surface area contributed by atoms with Crippen LogP contribution in [0.5, 0.6) is 0 Å². The number of aromatic amines is 1. The standard InChI is InChI=1S/C10H16N4O2Si/c1-13-7-6(9(15)14(2)10(13)16)11-12-8(7)17(3,4)5/h1-5H3,(H,11,12). The lowest BCUT2D eigenvalue weighted by Gasteiger charge is -2.15. The van der Waals surface area contributed by atoms with Gasteiger partial charge in [-0.2, -0.15) is 5.10 Å². The molecule has 0 aliphatic carbocycles. The second-order valence-electron chi connectivity index (χ2n) is 5.25. The van der Waals surface area contributed by atoms with Crippen molar-refractivity contribution in [2.24, 2.45) is 14.1 Å². The van der Waals surface area contributed by atoms with Crippen molar-refractivity contribution >= 4 is 24.4 Å². The van der Waals surface area contributed by atoms with Gasteiger partial charge in [-0.25, -0.2) is 4.79 Å². The fourth-order valence-corrected chi connectivity index (χ4v) is 3.29. The van der Waals surface area contributed by atoms with Gasteiger partial charge in [-0.05, 0) is 0 Å². The largest absolute Gasteiger partial charge is 0.331 e. The molecule has 1 N–H and O–H groups in total. The summed E-state index contributed by atoms with van der Waals surface area (Å²) in [5, 5.41) is 7.93. The summed E-state index contributed by atoms with van der Waals surface area (Å²) >= 11 is 0. The van der Waals surface area contributed by atoms with Crippen molar-refractivity contribution in [1.82, 2.24) is 19.3 Å². The molecule has 0 amide bonds. The number of nitrogens with zero attached hydrogens (tertiary/aromatic N) is 3. The van der Waals surface area contributed by atoms with E-state index in [-0.39, 0.29) is 11.2 Å². The molecule has 0 unspecified atom stereocenters. The minimum atomic E-state index is -1.67. The van der Waals surface area contributed by atoms with Gasteiger partial charge in [-0.15, -0.1) is 0 Å². The molecular formula is C10H16N4O2Si. The van der Waals surface area contributed by atoms with Gasteiger partial charge >= 0.3 is 5.69 Å². The third-order valence-corrected chi connectivity index (χ3v) is 4.76. The molecule has 0 spiro atoms. The van der Waals surface area contributed by atoms with Gasteiger partial charge in [-0.1, -0.05) is 19.6 Å². The van der Waals surface area contributed by atoms with Crippen molar-refractivity contribution in [3.05, 3.63) is 20.8 Å². The number of hydrogen-bond acceptors (Lipinski definition) is 3. The molecule has 2 aromatic rings. The zero-order chi connectivity index (χ0) is 13.0.